The Labute approximate surface area is 152 Å². The molecule has 1 aromatic carbocycles. The Kier molecular flexibility index (Phi) is 4.05. The van der Waals surface area contributed by atoms with Crippen molar-refractivity contribution in [2.75, 3.05) is 26.2 Å². The molecule has 1 N–H and O–H groups in total. The van der Waals surface area contributed by atoms with E-state index in [2.05, 4.69) is 0 Å². The van der Waals surface area contributed by atoms with Gasteiger partial charge in [0.25, 0.3) is 0 Å². The van der Waals surface area contributed by atoms with Gasteiger partial charge in [-0.05, 0) is 30.4 Å². The minimum Gasteiger partial charge on any atom is -0.481 e. The van der Waals surface area contributed by atoms with Gasteiger partial charge in [0, 0.05) is 32.3 Å². The molecule has 2 atom stereocenters. The molecule has 1 aromatic rings. The third-order valence-corrected chi connectivity index (χ3v) is 5.76. The van der Waals surface area contributed by atoms with Crippen molar-refractivity contribution in [1.82, 2.24) is 9.80 Å². The van der Waals surface area contributed by atoms with Crippen LogP contribution in [0.1, 0.15) is 18.4 Å². The summed E-state index contributed by atoms with van der Waals surface area (Å²) in [5.41, 5.74) is -0.262. The summed E-state index contributed by atoms with van der Waals surface area (Å²) in [6, 6.07) is 9.45. The quantitative estimate of drug-likeness (QED) is 0.813. The van der Waals surface area contributed by atoms with E-state index < -0.39 is 17.3 Å². The zero-order chi connectivity index (χ0) is 18.3. The van der Waals surface area contributed by atoms with Crippen molar-refractivity contribution in [3.05, 3.63) is 42.0 Å². The van der Waals surface area contributed by atoms with E-state index in [1.165, 1.54) is 11.0 Å². The minimum absolute atomic E-state index is 0.0951. The number of carboxylic acid groups (broad SMARTS) is 1. The van der Waals surface area contributed by atoms with Gasteiger partial charge >= 0.3 is 5.97 Å². The first-order valence-electron chi connectivity index (χ1n) is 9.04. The van der Waals surface area contributed by atoms with Crippen LogP contribution in [0.5, 0.6) is 0 Å². The summed E-state index contributed by atoms with van der Waals surface area (Å²) in [5, 5.41) is 9.83. The Hall–Kier alpha value is -2.63. The smallest absolute Gasteiger partial charge is 0.314 e. The molecule has 2 heterocycles. The van der Waals surface area contributed by atoms with E-state index >= 15 is 0 Å². The number of hydrogen-bond acceptors (Lipinski definition) is 3. The topological polar surface area (TPSA) is 77.9 Å². The van der Waals surface area contributed by atoms with Crippen molar-refractivity contribution in [3.8, 4) is 0 Å². The molecule has 0 bridgehead atoms. The number of nitrogens with zero attached hydrogens (tertiary/aromatic N) is 2. The lowest BCUT2D eigenvalue weighted by atomic mass is 9.81. The number of likely N-dealkylation sites (tertiary alicyclic amines) is 2. The van der Waals surface area contributed by atoms with E-state index in [4.69, 9.17) is 0 Å². The molecule has 6 heteroatoms. The summed E-state index contributed by atoms with van der Waals surface area (Å²) in [7, 11) is 0. The fourth-order valence-electron chi connectivity index (χ4n) is 4.08. The van der Waals surface area contributed by atoms with Gasteiger partial charge in [-0.15, -0.1) is 0 Å². The molecule has 26 heavy (non-hydrogen) atoms. The highest BCUT2D eigenvalue weighted by atomic mass is 16.4. The number of benzene rings is 1. The monoisotopic (exact) mass is 354 g/mol. The highest BCUT2D eigenvalue weighted by Crippen LogP contribution is 2.45. The van der Waals surface area contributed by atoms with Crippen LogP contribution in [0.15, 0.2) is 36.4 Å². The van der Waals surface area contributed by atoms with Gasteiger partial charge in [-0.2, -0.15) is 0 Å². The number of carbonyl (C=O) groups excluding carboxylic acids is 2. The normalized spacial score (nSPS) is 28.0. The van der Waals surface area contributed by atoms with Crippen LogP contribution >= 0.6 is 0 Å². The first kappa shape index (κ1) is 16.8. The van der Waals surface area contributed by atoms with Crippen LogP contribution in [-0.2, 0) is 14.4 Å². The second-order valence-electron chi connectivity index (χ2n) is 7.64. The molecular weight excluding hydrogens is 332 g/mol. The van der Waals surface area contributed by atoms with Crippen molar-refractivity contribution in [2.24, 2.45) is 17.3 Å². The number of hydrogen-bond donors (Lipinski definition) is 1. The fraction of sp³-hybridized carbons (Fsp3) is 0.450. The Morgan fingerprint density at radius 2 is 1.92 bits per heavy atom. The molecule has 2 aliphatic heterocycles. The van der Waals surface area contributed by atoms with Gasteiger partial charge in [-0.25, -0.2) is 0 Å². The molecule has 2 saturated heterocycles. The van der Waals surface area contributed by atoms with Crippen molar-refractivity contribution in [2.45, 2.75) is 12.8 Å². The summed E-state index contributed by atoms with van der Waals surface area (Å²) in [4.78, 5) is 40.4. The minimum atomic E-state index is -1.16. The van der Waals surface area contributed by atoms with E-state index in [9.17, 15) is 19.5 Å². The van der Waals surface area contributed by atoms with Crippen LogP contribution < -0.4 is 0 Å². The molecule has 136 valence electrons. The van der Waals surface area contributed by atoms with Crippen LogP contribution in [-0.4, -0.2) is 58.9 Å². The number of amides is 2. The number of fused-ring (bicyclic) bond motifs is 1. The lowest BCUT2D eigenvalue weighted by Gasteiger charge is -2.24. The Morgan fingerprint density at radius 1 is 1.19 bits per heavy atom. The van der Waals surface area contributed by atoms with Crippen LogP contribution in [0.2, 0.25) is 0 Å². The highest BCUT2D eigenvalue weighted by molar-refractivity contribution is 5.97. The molecule has 3 fully saturated rings. The summed E-state index contributed by atoms with van der Waals surface area (Å²) in [5.74, 6) is -1.44. The Balaban J connectivity index is 1.48. The van der Waals surface area contributed by atoms with Gasteiger partial charge in [0.1, 0.15) is 5.41 Å². The second-order valence-corrected chi connectivity index (χ2v) is 7.64. The maximum Gasteiger partial charge on any atom is 0.314 e. The van der Waals surface area contributed by atoms with Gasteiger partial charge in [0.2, 0.25) is 11.8 Å². The first-order chi connectivity index (χ1) is 12.5. The number of carboxylic acids is 1. The number of aliphatic carboxylic acids is 1. The van der Waals surface area contributed by atoms with Crippen LogP contribution in [0.4, 0.5) is 0 Å². The Bertz CT molecular complexity index is 771. The van der Waals surface area contributed by atoms with Gasteiger partial charge < -0.3 is 14.9 Å². The molecule has 1 saturated carbocycles. The maximum absolute atomic E-state index is 12.7. The summed E-state index contributed by atoms with van der Waals surface area (Å²) in [6.07, 6.45) is 5.40. The molecule has 1 aliphatic carbocycles. The lowest BCUT2D eigenvalue weighted by Crippen LogP contribution is -2.42. The van der Waals surface area contributed by atoms with Gasteiger partial charge in [0.15, 0.2) is 0 Å². The summed E-state index contributed by atoms with van der Waals surface area (Å²) >= 11 is 0. The molecule has 4 rings (SSSR count). The van der Waals surface area contributed by atoms with Gasteiger partial charge in [-0.1, -0.05) is 30.3 Å². The van der Waals surface area contributed by atoms with E-state index in [0.717, 1.165) is 18.4 Å². The van der Waals surface area contributed by atoms with Crippen LogP contribution in [0.3, 0.4) is 0 Å². The molecular formula is C20H22N2O4. The largest absolute Gasteiger partial charge is 0.481 e. The molecule has 0 aromatic heterocycles. The van der Waals surface area contributed by atoms with Crippen LogP contribution in [0, 0.1) is 17.3 Å². The zero-order valence-electron chi connectivity index (χ0n) is 14.5. The van der Waals surface area contributed by atoms with Gasteiger partial charge in [-0.3, -0.25) is 14.4 Å². The Morgan fingerprint density at radius 3 is 2.54 bits per heavy atom. The van der Waals surface area contributed by atoms with E-state index in [1.54, 1.807) is 11.0 Å². The average molecular weight is 354 g/mol. The molecule has 6 nitrogen and oxygen atoms in total. The molecule has 3 aliphatic rings. The lowest BCUT2D eigenvalue weighted by molar-refractivity contribution is -0.149. The predicted molar refractivity (Wildman–Crippen MR) is 94.9 cm³/mol. The molecule has 0 radical (unpaired) electrons. The SMILES string of the molecule is O=C(/C=C/c1ccccc1)N1C[C@H]2C(=O)N(CC3CC3)C[C@@]2(C(=O)O)C1. The standard InChI is InChI=1S/C20H22N2O4/c23-17(9-8-14-4-2-1-3-5-14)21-11-16-18(24)22(10-15-6-7-15)13-20(16,12-21)19(25)26/h1-5,8-9,15-16H,6-7,10-13H2,(H,25,26)/b9-8+/t16-,20-/m0/s1. The van der Waals surface area contributed by atoms with Crippen molar-refractivity contribution in [1.29, 1.82) is 0 Å². The highest BCUT2D eigenvalue weighted by Gasteiger charge is 2.62. The summed E-state index contributed by atoms with van der Waals surface area (Å²) in [6.45, 7) is 1.16. The van der Waals surface area contributed by atoms with E-state index in [0.29, 0.717) is 12.5 Å². The third kappa shape index (κ3) is 2.89. The zero-order valence-corrected chi connectivity index (χ0v) is 14.5. The van der Waals surface area contributed by atoms with Crippen LogP contribution in [0.25, 0.3) is 6.08 Å². The predicted octanol–water partition coefficient (Wildman–Crippen LogP) is 1.48. The molecule has 0 unspecified atom stereocenters. The maximum atomic E-state index is 12.7. The molecule has 2 amide bonds. The van der Waals surface area contributed by atoms with Crippen molar-refractivity contribution >= 4 is 23.9 Å². The number of rotatable bonds is 5. The average Bonchev–Trinajstić information content (AvgIpc) is 3.30. The van der Waals surface area contributed by atoms with Crippen molar-refractivity contribution in [3.63, 3.8) is 0 Å². The van der Waals surface area contributed by atoms with Crippen molar-refractivity contribution < 1.29 is 19.5 Å². The first-order valence-corrected chi connectivity index (χ1v) is 9.04. The molecule has 0 spiro atoms. The summed E-state index contributed by atoms with van der Waals surface area (Å²) < 4.78 is 0. The fourth-order valence-corrected chi connectivity index (χ4v) is 4.08. The van der Waals surface area contributed by atoms with Gasteiger partial charge in [0.05, 0.1) is 5.92 Å². The number of carbonyl (C=O) groups is 3. The van der Waals surface area contributed by atoms with E-state index in [-0.39, 0.29) is 31.4 Å². The third-order valence-electron chi connectivity index (χ3n) is 5.76. The second kappa shape index (κ2) is 6.27. The van der Waals surface area contributed by atoms with E-state index in [1.807, 2.05) is 30.3 Å².